The summed E-state index contributed by atoms with van der Waals surface area (Å²) in [5, 5.41) is 14.0. The van der Waals surface area contributed by atoms with E-state index in [9.17, 15) is 9.90 Å². The molecule has 37 heavy (non-hydrogen) atoms. The lowest BCUT2D eigenvalue weighted by Crippen LogP contribution is -3.00. The zero-order chi connectivity index (χ0) is 26.0. The Hall–Kier alpha value is -3.06. The summed E-state index contributed by atoms with van der Waals surface area (Å²) in [6, 6.07) is 23.8. The van der Waals surface area contributed by atoms with Crippen molar-refractivity contribution in [3.05, 3.63) is 95.1 Å². The van der Waals surface area contributed by atoms with Crippen molar-refractivity contribution in [2.45, 2.75) is 44.8 Å². The number of aliphatic hydroxyl groups excluding tert-OH is 1. The van der Waals surface area contributed by atoms with E-state index < -0.39 is 6.10 Å². The predicted octanol–water partition coefficient (Wildman–Crippen LogP) is 1.36. The van der Waals surface area contributed by atoms with Gasteiger partial charge in [-0.3, -0.25) is 4.79 Å². The number of aliphatic hydroxyl groups is 1. The number of halogens is 1. The summed E-state index contributed by atoms with van der Waals surface area (Å²) >= 11 is 0. The Morgan fingerprint density at radius 3 is 2.24 bits per heavy atom. The molecule has 0 spiro atoms. The van der Waals surface area contributed by atoms with Crippen LogP contribution in [-0.2, 0) is 28.8 Å². The van der Waals surface area contributed by atoms with E-state index in [0.717, 1.165) is 28.9 Å². The van der Waals surface area contributed by atoms with Gasteiger partial charge in [0.2, 0.25) is 0 Å². The topological polar surface area (TPSA) is 77.0 Å². The summed E-state index contributed by atoms with van der Waals surface area (Å²) in [4.78, 5) is 11.9. The standard InChI is InChI=1S/C30H37NO5.ClH/c1-30(2,19-23-10-13-27(34-3)14-11-23)31-20-26(32)21-36-28-15-12-24(18-29(33)35-4)25(17-28)16-22-8-6-5-7-9-22;/h5-15,17,26,31-32H,16,18-21H2,1-4H3;1H/p-1. The van der Waals surface area contributed by atoms with Crippen LogP contribution in [0.4, 0.5) is 0 Å². The van der Waals surface area contributed by atoms with Crippen LogP contribution in [0.1, 0.15) is 36.1 Å². The number of nitrogens with one attached hydrogen (secondary N) is 1. The molecule has 3 rings (SSSR count). The average molecular weight is 527 g/mol. The highest BCUT2D eigenvalue weighted by Gasteiger charge is 2.20. The minimum absolute atomic E-state index is 0. The Kier molecular flexibility index (Phi) is 11.9. The predicted molar refractivity (Wildman–Crippen MR) is 142 cm³/mol. The van der Waals surface area contributed by atoms with E-state index in [0.29, 0.717) is 18.7 Å². The molecule has 0 aliphatic rings. The average Bonchev–Trinajstić information content (AvgIpc) is 2.88. The quantitative estimate of drug-likeness (QED) is 0.328. The number of rotatable bonds is 13. The molecule has 0 heterocycles. The van der Waals surface area contributed by atoms with Crippen molar-refractivity contribution in [1.29, 1.82) is 0 Å². The molecule has 0 aliphatic carbocycles. The van der Waals surface area contributed by atoms with Gasteiger partial charge in [-0.05, 0) is 73.2 Å². The summed E-state index contributed by atoms with van der Waals surface area (Å²) < 4.78 is 16.0. The van der Waals surface area contributed by atoms with Crippen LogP contribution in [0.5, 0.6) is 11.5 Å². The molecule has 0 radical (unpaired) electrons. The van der Waals surface area contributed by atoms with E-state index >= 15 is 0 Å². The van der Waals surface area contributed by atoms with E-state index in [1.165, 1.54) is 12.7 Å². The van der Waals surface area contributed by atoms with Gasteiger partial charge in [-0.2, -0.15) is 0 Å². The maximum atomic E-state index is 11.9. The number of benzene rings is 3. The second-order valence-corrected chi connectivity index (χ2v) is 9.60. The summed E-state index contributed by atoms with van der Waals surface area (Å²) in [6.07, 6.45) is 1.02. The molecular formula is C30H37ClNO5-. The Labute approximate surface area is 226 Å². The largest absolute Gasteiger partial charge is 1.00 e. The number of methoxy groups -OCH3 is 2. The monoisotopic (exact) mass is 526 g/mol. The fourth-order valence-electron chi connectivity index (χ4n) is 4.03. The van der Waals surface area contributed by atoms with E-state index in [1.807, 2.05) is 48.5 Å². The van der Waals surface area contributed by atoms with Crippen LogP contribution in [0.3, 0.4) is 0 Å². The molecule has 3 aromatic rings. The lowest BCUT2D eigenvalue weighted by atomic mass is 9.94. The summed E-state index contributed by atoms with van der Waals surface area (Å²) in [7, 11) is 3.05. The van der Waals surface area contributed by atoms with E-state index in [-0.39, 0.29) is 36.9 Å². The second-order valence-electron chi connectivity index (χ2n) is 9.60. The van der Waals surface area contributed by atoms with Crippen molar-refractivity contribution in [2.75, 3.05) is 27.4 Å². The highest BCUT2D eigenvalue weighted by Crippen LogP contribution is 2.22. The summed E-state index contributed by atoms with van der Waals surface area (Å²) in [5.41, 5.74) is 4.03. The van der Waals surface area contributed by atoms with E-state index in [1.54, 1.807) is 7.11 Å². The lowest BCUT2D eigenvalue weighted by Gasteiger charge is -2.28. The first-order chi connectivity index (χ1) is 17.3. The fraction of sp³-hybridized carbons (Fsp3) is 0.367. The molecule has 0 fully saturated rings. The minimum Gasteiger partial charge on any atom is -1.00 e. The molecule has 3 aromatic carbocycles. The van der Waals surface area contributed by atoms with Gasteiger partial charge in [-0.25, -0.2) is 0 Å². The number of hydrogen-bond acceptors (Lipinski definition) is 6. The van der Waals surface area contributed by atoms with Gasteiger partial charge in [0.1, 0.15) is 24.2 Å². The Morgan fingerprint density at radius 2 is 1.59 bits per heavy atom. The molecule has 0 amide bonds. The zero-order valence-electron chi connectivity index (χ0n) is 22.0. The van der Waals surface area contributed by atoms with Crippen LogP contribution >= 0.6 is 0 Å². The summed E-state index contributed by atoms with van der Waals surface area (Å²) in [6.45, 7) is 4.79. The maximum Gasteiger partial charge on any atom is 0.309 e. The Morgan fingerprint density at radius 1 is 0.919 bits per heavy atom. The number of β-amino-alcohol motifs (C(OH)–C–C–N with tert-alkyl or cyclic N) is 1. The maximum absolute atomic E-state index is 11.9. The van der Waals surface area contributed by atoms with Gasteiger partial charge in [-0.1, -0.05) is 48.5 Å². The number of carbonyl (C=O) groups is 1. The smallest absolute Gasteiger partial charge is 0.309 e. The summed E-state index contributed by atoms with van der Waals surface area (Å²) in [5.74, 6) is 1.21. The third-order valence-electron chi connectivity index (χ3n) is 6.04. The third-order valence-corrected chi connectivity index (χ3v) is 6.04. The lowest BCUT2D eigenvalue weighted by molar-refractivity contribution is -0.139. The molecular weight excluding hydrogens is 490 g/mol. The number of esters is 1. The highest BCUT2D eigenvalue weighted by atomic mass is 35.5. The number of ether oxygens (including phenoxy) is 3. The number of carbonyl (C=O) groups excluding carboxylic acids is 1. The molecule has 0 aliphatic heterocycles. The molecule has 0 saturated heterocycles. The molecule has 0 aromatic heterocycles. The van der Waals surface area contributed by atoms with Gasteiger partial charge in [0, 0.05) is 12.1 Å². The van der Waals surface area contributed by atoms with Crippen LogP contribution in [0.2, 0.25) is 0 Å². The van der Waals surface area contributed by atoms with E-state index in [4.69, 9.17) is 14.2 Å². The molecule has 6 nitrogen and oxygen atoms in total. The first-order valence-electron chi connectivity index (χ1n) is 12.2. The highest BCUT2D eigenvalue weighted by molar-refractivity contribution is 5.73. The fourth-order valence-corrected chi connectivity index (χ4v) is 4.03. The Bertz CT molecular complexity index is 1100. The molecule has 1 atom stereocenters. The van der Waals surface area contributed by atoms with Gasteiger partial charge < -0.3 is 37.0 Å². The van der Waals surface area contributed by atoms with Crippen LogP contribution in [0.15, 0.2) is 72.8 Å². The molecule has 7 heteroatoms. The first kappa shape index (κ1) is 30.2. The van der Waals surface area contributed by atoms with Crippen molar-refractivity contribution in [3.63, 3.8) is 0 Å². The van der Waals surface area contributed by atoms with Crippen molar-refractivity contribution in [3.8, 4) is 11.5 Å². The van der Waals surface area contributed by atoms with Gasteiger partial charge in [0.05, 0.1) is 20.6 Å². The van der Waals surface area contributed by atoms with Gasteiger partial charge in [0.15, 0.2) is 0 Å². The molecule has 0 saturated carbocycles. The van der Waals surface area contributed by atoms with Crippen LogP contribution in [0, 0.1) is 0 Å². The molecule has 1 unspecified atom stereocenters. The normalized spacial score (nSPS) is 11.8. The number of hydrogen-bond donors (Lipinski definition) is 2. The third kappa shape index (κ3) is 10.1. The van der Waals surface area contributed by atoms with Crippen LogP contribution in [0.25, 0.3) is 0 Å². The van der Waals surface area contributed by atoms with Crippen molar-refractivity contribution in [1.82, 2.24) is 5.32 Å². The van der Waals surface area contributed by atoms with Gasteiger partial charge in [0.25, 0.3) is 0 Å². The van der Waals surface area contributed by atoms with Crippen LogP contribution < -0.4 is 27.2 Å². The zero-order valence-corrected chi connectivity index (χ0v) is 22.8. The first-order valence-corrected chi connectivity index (χ1v) is 12.2. The van der Waals surface area contributed by atoms with Gasteiger partial charge in [-0.15, -0.1) is 0 Å². The van der Waals surface area contributed by atoms with Crippen LogP contribution in [-0.4, -0.2) is 50.1 Å². The van der Waals surface area contributed by atoms with Crippen molar-refractivity contribution in [2.24, 2.45) is 0 Å². The SMILES string of the molecule is COC(=O)Cc1ccc(OCC(O)CNC(C)(C)Cc2ccc(OC)cc2)cc1Cc1ccccc1.[Cl-]. The van der Waals surface area contributed by atoms with Crippen molar-refractivity contribution >= 4 is 5.97 Å². The second kappa shape index (κ2) is 14.6. The Balaban J connectivity index is 0.00000481. The van der Waals surface area contributed by atoms with Gasteiger partial charge >= 0.3 is 5.97 Å². The molecule has 2 N–H and O–H groups in total. The molecule has 0 bridgehead atoms. The van der Waals surface area contributed by atoms with Crippen molar-refractivity contribution < 1.29 is 36.5 Å². The minimum atomic E-state index is -0.674. The van der Waals surface area contributed by atoms with E-state index in [2.05, 4.69) is 43.4 Å². The molecule has 200 valence electrons.